The van der Waals surface area contributed by atoms with Gasteiger partial charge in [0.15, 0.2) is 0 Å². The van der Waals surface area contributed by atoms with E-state index in [4.69, 9.17) is 0 Å². The van der Waals surface area contributed by atoms with Crippen LogP contribution in [0.4, 0.5) is 0 Å². The Kier molecular flexibility index (Phi) is 4.05. The largest absolute Gasteiger partial charge is 0.336 e. The van der Waals surface area contributed by atoms with Gasteiger partial charge in [0.2, 0.25) is 0 Å². The molecule has 0 radical (unpaired) electrons. The smallest absolute Gasteiger partial charge is 0.257 e. The van der Waals surface area contributed by atoms with Gasteiger partial charge in [-0.2, -0.15) is 10.2 Å². The van der Waals surface area contributed by atoms with E-state index in [2.05, 4.69) is 20.3 Å². The lowest BCUT2D eigenvalue weighted by atomic mass is 10.0. The lowest BCUT2D eigenvalue weighted by Gasteiger charge is -2.32. The van der Waals surface area contributed by atoms with Crippen molar-refractivity contribution in [2.45, 2.75) is 25.8 Å². The normalized spacial score (nSPS) is 17.6. The third-order valence-electron chi connectivity index (χ3n) is 4.63. The molecule has 4 rings (SSSR count). The average molecular weight is 336 g/mol. The predicted octanol–water partition coefficient (Wildman–Crippen LogP) is 2.45. The minimum atomic E-state index is 0.00846. The average Bonchev–Trinajstić information content (AvgIpc) is 3.31. The zero-order chi connectivity index (χ0) is 17.2. The first-order chi connectivity index (χ1) is 12.2. The summed E-state index contributed by atoms with van der Waals surface area (Å²) in [6.07, 6.45) is 10.9. The molecule has 25 heavy (non-hydrogen) atoms. The Morgan fingerprint density at radius 2 is 2.12 bits per heavy atom. The summed E-state index contributed by atoms with van der Waals surface area (Å²) in [6.45, 7) is 3.46. The van der Waals surface area contributed by atoms with E-state index in [-0.39, 0.29) is 11.9 Å². The monoisotopic (exact) mass is 336 g/mol. The van der Waals surface area contributed by atoms with E-state index < -0.39 is 0 Å². The number of rotatable bonds is 3. The standard InChI is InChI=1S/C18H20N6O/c1-13-9-21-24(11-13)15-3-2-8-23(12-15)18(25)16-10-20-22-17(16)14-4-6-19-7-5-14/h4-7,9-11,15H,2-3,8,12H2,1H3,(H,20,22). The number of pyridine rings is 1. The van der Waals surface area contributed by atoms with E-state index in [0.717, 1.165) is 36.2 Å². The minimum Gasteiger partial charge on any atom is -0.336 e. The number of carbonyl (C=O) groups excluding carboxylic acids is 1. The van der Waals surface area contributed by atoms with Crippen molar-refractivity contribution in [3.05, 3.63) is 54.2 Å². The molecule has 0 spiro atoms. The summed E-state index contributed by atoms with van der Waals surface area (Å²) in [5, 5.41) is 11.4. The highest BCUT2D eigenvalue weighted by atomic mass is 16.2. The summed E-state index contributed by atoms with van der Waals surface area (Å²) in [6, 6.07) is 3.97. The Morgan fingerprint density at radius 3 is 2.88 bits per heavy atom. The van der Waals surface area contributed by atoms with Gasteiger partial charge in [-0.1, -0.05) is 0 Å². The number of hydrogen-bond donors (Lipinski definition) is 1. The lowest BCUT2D eigenvalue weighted by Crippen LogP contribution is -2.40. The van der Waals surface area contributed by atoms with Gasteiger partial charge in [0, 0.05) is 37.2 Å². The fourth-order valence-corrected chi connectivity index (χ4v) is 3.35. The highest BCUT2D eigenvalue weighted by molar-refractivity contribution is 5.99. The van der Waals surface area contributed by atoms with Gasteiger partial charge in [-0.3, -0.25) is 19.6 Å². The van der Waals surface area contributed by atoms with Crippen molar-refractivity contribution in [2.75, 3.05) is 13.1 Å². The summed E-state index contributed by atoms with van der Waals surface area (Å²) in [7, 11) is 0. The van der Waals surface area contributed by atoms with Crippen LogP contribution in [0.2, 0.25) is 0 Å². The first-order valence-electron chi connectivity index (χ1n) is 8.46. The molecule has 7 nitrogen and oxygen atoms in total. The molecular weight excluding hydrogens is 316 g/mol. The number of aromatic nitrogens is 5. The molecule has 128 valence electrons. The number of carbonyl (C=O) groups is 1. The molecule has 7 heteroatoms. The second-order valence-corrected chi connectivity index (χ2v) is 6.44. The molecule has 0 saturated carbocycles. The van der Waals surface area contributed by atoms with Gasteiger partial charge in [-0.25, -0.2) is 0 Å². The molecule has 4 heterocycles. The number of piperidine rings is 1. The van der Waals surface area contributed by atoms with Crippen molar-refractivity contribution in [1.29, 1.82) is 0 Å². The number of nitrogens with one attached hydrogen (secondary N) is 1. The van der Waals surface area contributed by atoms with E-state index in [0.29, 0.717) is 12.1 Å². The van der Waals surface area contributed by atoms with Crippen LogP contribution in [0.25, 0.3) is 11.3 Å². The minimum absolute atomic E-state index is 0.00846. The van der Waals surface area contributed by atoms with Crippen LogP contribution in [0.1, 0.15) is 34.8 Å². The van der Waals surface area contributed by atoms with Crippen LogP contribution in [-0.4, -0.2) is 48.9 Å². The van der Waals surface area contributed by atoms with Gasteiger partial charge < -0.3 is 4.90 Å². The molecule has 1 unspecified atom stereocenters. The Balaban J connectivity index is 1.56. The fourth-order valence-electron chi connectivity index (χ4n) is 3.35. The van der Waals surface area contributed by atoms with Crippen molar-refractivity contribution >= 4 is 5.91 Å². The SMILES string of the molecule is Cc1cnn(C2CCCN(C(=O)c3cn[nH]c3-c3ccncc3)C2)c1. The van der Waals surface area contributed by atoms with Crippen LogP contribution in [0.3, 0.4) is 0 Å². The first-order valence-corrected chi connectivity index (χ1v) is 8.46. The third kappa shape index (κ3) is 3.05. The van der Waals surface area contributed by atoms with Gasteiger partial charge in [0.05, 0.1) is 29.7 Å². The van der Waals surface area contributed by atoms with Gasteiger partial charge in [-0.15, -0.1) is 0 Å². The van der Waals surface area contributed by atoms with Crippen LogP contribution >= 0.6 is 0 Å². The molecule has 0 aromatic carbocycles. The van der Waals surface area contributed by atoms with Crippen LogP contribution < -0.4 is 0 Å². The van der Waals surface area contributed by atoms with Crippen molar-refractivity contribution in [3.8, 4) is 11.3 Å². The lowest BCUT2D eigenvalue weighted by molar-refractivity contribution is 0.0674. The van der Waals surface area contributed by atoms with Crippen LogP contribution in [0.5, 0.6) is 0 Å². The molecular formula is C18H20N6O. The zero-order valence-electron chi connectivity index (χ0n) is 14.1. The summed E-state index contributed by atoms with van der Waals surface area (Å²) < 4.78 is 1.98. The van der Waals surface area contributed by atoms with Crippen LogP contribution in [0, 0.1) is 6.92 Å². The van der Waals surface area contributed by atoms with Crippen molar-refractivity contribution in [3.63, 3.8) is 0 Å². The van der Waals surface area contributed by atoms with E-state index in [1.165, 1.54) is 0 Å². The summed E-state index contributed by atoms with van der Waals surface area (Å²) in [5.74, 6) is 0.00846. The Hall–Kier alpha value is -2.96. The van der Waals surface area contributed by atoms with E-state index >= 15 is 0 Å². The van der Waals surface area contributed by atoms with Crippen LogP contribution in [0.15, 0.2) is 43.1 Å². The van der Waals surface area contributed by atoms with Gasteiger partial charge in [0.1, 0.15) is 0 Å². The maximum atomic E-state index is 13.1. The molecule has 1 amide bonds. The van der Waals surface area contributed by atoms with E-state index in [9.17, 15) is 4.79 Å². The molecule has 1 saturated heterocycles. The maximum absolute atomic E-state index is 13.1. The number of hydrogen-bond acceptors (Lipinski definition) is 4. The Bertz CT molecular complexity index is 869. The molecule has 1 aliphatic rings. The molecule has 0 bridgehead atoms. The Morgan fingerprint density at radius 1 is 1.28 bits per heavy atom. The van der Waals surface area contributed by atoms with Gasteiger partial charge in [0.25, 0.3) is 5.91 Å². The van der Waals surface area contributed by atoms with Crippen molar-refractivity contribution in [2.24, 2.45) is 0 Å². The third-order valence-corrected chi connectivity index (χ3v) is 4.63. The van der Waals surface area contributed by atoms with Crippen molar-refractivity contribution < 1.29 is 4.79 Å². The summed E-state index contributed by atoms with van der Waals surface area (Å²) in [4.78, 5) is 19.0. The summed E-state index contributed by atoms with van der Waals surface area (Å²) in [5.41, 5.74) is 3.39. The fraction of sp³-hybridized carbons (Fsp3) is 0.333. The number of likely N-dealkylation sites (tertiary alicyclic amines) is 1. The molecule has 1 aliphatic heterocycles. The number of aromatic amines is 1. The molecule has 1 fully saturated rings. The summed E-state index contributed by atoms with van der Waals surface area (Å²) >= 11 is 0. The predicted molar refractivity (Wildman–Crippen MR) is 93.0 cm³/mol. The van der Waals surface area contributed by atoms with Crippen LogP contribution in [-0.2, 0) is 0 Å². The van der Waals surface area contributed by atoms with E-state index in [1.54, 1.807) is 18.6 Å². The van der Waals surface area contributed by atoms with Crippen molar-refractivity contribution in [1.82, 2.24) is 29.9 Å². The van der Waals surface area contributed by atoms with Gasteiger partial charge in [-0.05, 0) is 37.5 Å². The zero-order valence-corrected chi connectivity index (χ0v) is 14.1. The topological polar surface area (TPSA) is 79.7 Å². The molecule has 1 atom stereocenters. The highest BCUT2D eigenvalue weighted by Crippen LogP contribution is 2.26. The Labute approximate surface area is 145 Å². The molecule has 3 aromatic rings. The number of amides is 1. The molecule has 3 aromatic heterocycles. The first kappa shape index (κ1) is 15.6. The van der Waals surface area contributed by atoms with Gasteiger partial charge >= 0.3 is 0 Å². The number of nitrogens with zero attached hydrogens (tertiary/aromatic N) is 5. The maximum Gasteiger partial charge on any atom is 0.257 e. The quantitative estimate of drug-likeness (QED) is 0.797. The molecule has 1 N–H and O–H groups in total. The number of aryl methyl sites for hydroxylation is 1. The second kappa shape index (κ2) is 6.51. The van der Waals surface area contributed by atoms with E-state index in [1.807, 2.05) is 41.0 Å². The second-order valence-electron chi connectivity index (χ2n) is 6.44. The number of H-pyrrole nitrogens is 1. The highest BCUT2D eigenvalue weighted by Gasteiger charge is 2.28. The molecule has 0 aliphatic carbocycles.